The molecule has 5 nitrogen and oxygen atoms in total. The molecule has 1 aromatic heterocycles. The fourth-order valence-corrected chi connectivity index (χ4v) is 2.52. The van der Waals surface area contributed by atoms with Crippen molar-refractivity contribution in [2.24, 2.45) is 0 Å². The lowest BCUT2D eigenvalue weighted by molar-refractivity contribution is 0.290. The van der Waals surface area contributed by atoms with Crippen LogP contribution in [-0.4, -0.2) is 34.5 Å². The van der Waals surface area contributed by atoms with Crippen molar-refractivity contribution in [3.05, 3.63) is 6.20 Å². The molecule has 0 radical (unpaired) electrons. The Hall–Kier alpha value is -1.23. The van der Waals surface area contributed by atoms with Gasteiger partial charge < -0.3 is 15.7 Å². The molecule has 2 rings (SSSR count). The van der Waals surface area contributed by atoms with Crippen LogP contribution in [0.3, 0.4) is 0 Å². The van der Waals surface area contributed by atoms with E-state index in [1.54, 1.807) is 6.20 Å². The summed E-state index contributed by atoms with van der Waals surface area (Å²) >= 11 is 0. The van der Waals surface area contributed by atoms with E-state index in [2.05, 4.69) is 15.1 Å². The Morgan fingerprint density at radius 3 is 2.75 bits per heavy atom. The molecule has 1 saturated carbocycles. The van der Waals surface area contributed by atoms with Crippen molar-refractivity contribution in [1.82, 2.24) is 10.2 Å². The Kier molecular flexibility index (Phi) is 3.66. The highest BCUT2D eigenvalue weighted by Crippen LogP contribution is 2.29. The molecule has 0 spiro atoms. The number of nitrogen functional groups attached to an aromatic ring is 1. The number of aromatic nitrogens is 2. The minimum absolute atomic E-state index is 0.154. The van der Waals surface area contributed by atoms with E-state index in [1.807, 2.05) is 0 Å². The molecular weight excluding hydrogens is 204 g/mol. The molecule has 0 unspecified atom stereocenters. The molecule has 1 aromatic rings. The molecule has 0 bridgehead atoms. The minimum atomic E-state index is 0.154. The molecule has 0 aliphatic heterocycles. The molecule has 1 fully saturated rings. The van der Waals surface area contributed by atoms with E-state index in [1.165, 1.54) is 32.1 Å². The first-order valence-corrected chi connectivity index (χ1v) is 5.99. The number of hydrogen-bond donors (Lipinski definition) is 3. The van der Waals surface area contributed by atoms with Crippen molar-refractivity contribution in [2.45, 2.75) is 38.1 Å². The number of aromatic amines is 1. The number of hydrogen-bond acceptors (Lipinski definition) is 4. The van der Waals surface area contributed by atoms with E-state index < -0.39 is 0 Å². The summed E-state index contributed by atoms with van der Waals surface area (Å²) in [6.07, 6.45) is 7.98. The Labute approximate surface area is 95.6 Å². The number of nitrogens with zero attached hydrogens (tertiary/aromatic N) is 2. The van der Waals surface area contributed by atoms with Gasteiger partial charge in [-0.15, -0.1) is 0 Å². The molecule has 5 heteroatoms. The van der Waals surface area contributed by atoms with Gasteiger partial charge in [0.1, 0.15) is 5.82 Å². The van der Waals surface area contributed by atoms with Crippen LogP contribution >= 0.6 is 0 Å². The van der Waals surface area contributed by atoms with Crippen molar-refractivity contribution >= 4 is 11.5 Å². The zero-order chi connectivity index (χ0) is 11.4. The summed E-state index contributed by atoms with van der Waals surface area (Å²) in [5.74, 6) is 0.596. The van der Waals surface area contributed by atoms with Crippen molar-refractivity contribution in [3.8, 4) is 0 Å². The van der Waals surface area contributed by atoms with Crippen LogP contribution in [0.2, 0.25) is 0 Å². The largest absolute Gasteiger partial charge is 0.395 e. The smallest absolute Gasteiger partial charge is 0.142 e. The zero-order valence-electron chi connectivity index (χ0n) is 9.52. The van der Waals surface area contributed by atoms with E-state index in [-0.39, 0.29) is 6.61 Å². The van der Waals surface area contributed by atoms with E-state index in [0.717, 1.165) is 5.69 Å². The number of nitrogens with two attached hydrogens (primary N) is 1. The molecule has 4 N–H and O–H groups in total. The van der Waals surface area contributed by atoms with Gasteiger partial charge in [0, 0.05) is 12.6 Å². The Morgan fingerprint density at radius 1 is 1.44 bits per heavy atom. The van der Waals surface area contributed by atoms with Gasteiger partial charge in [0.2, 0.25) is 0 Å². The van der Waals surface area contributed by atoms with Crippen LogP contribution in [0.1, 0.15) is 32.1 Å². The van der Waals surface area contributed by atoms with Crippen LogP contribution in [0.5, 0.6) is 0 Å². The molecule has 0 amide bonds. The van der Waals surface area contributed by atoms with Crippen LogP contribution < -0.4 is 10.6 Å². The van der Waals surface area contributed by atoms with Crippen LogP contribution in [-0.2, 0) is 0 Å². The fourth-order valence-electron chi connectivity index (χ4n) is 2.52. The third kappa shape index (κ3) is 2.29. The Balaban J connectivity index is 2.12. The zero-order valence-corrected chi connectivity index (χ0v) is 9.52. The van der Waals surface area contributed by atoms with Crippen LogP contribution in [0.25, 0.3) is 0 Å². The quantitative estimate of drug-likeness (QED) is 0.716. The molecule has 0 atom stereocenters. The monoisotopic (exact) mass is 224 g/mol. The van der Waals surface area contributed by atoms with Gasteiger partial charge in [-0.05, 0) is 12.8 Å². The molecule has 1 heterocycles. The molecule has 1 aliphatic carbocycles. The standard InChI is InChI=1S/C11H20N4O/c12-11-10(8-13-14-11)15(6-7-16)9-4-2-1-3-5-9/h8-9,16H,1-7H2,(H3,12,13,14). The Bertz CT molecular complexity index is 320. The van der Waals surface area contributed by atoms with Gasteiger partial charge in [-0.1, -0.05) is 19.3 Å². The average molecular weight is 224 g/mol. The topological polar surface area (TPSA) is 78.2 Å². The lowest BCUT2D eigenvalue weighted by Gasteiger charge is -2.35. The summed E-state index contributed by atoms with van der Waals surface area (Å²) in [7, 11) is 0. The minimum Gasteiger partial charge on any atom is -0.395 e. The van der Waals surface area contributed by atoms with Gasteiger partial charge >= 0.3 is 0 Å². The fraction of sp³-hybridized carbons (Fsp3) is 0.727. The predicted octanol–water partition coefficient (Wildman–Crippen LogP) is 1.12. The second-order valence-electron chi connectivity index (χ2n) is 4.38. The van der Waals surface area contributed by atoms with Crippen LogP contribution in [0, 0.1) is 0 Å². The third-order valence-electron chi connectivity index (χ3n) is 3.31. The first-order valence-electron chi connectivity index (χ1n) is 5.99. The predicted molar refractivity (Wildman–Crippen MR) is 64.3 cm³/mol. The van der Waals surface area contributed by atoms with Gasteiger partial charge in [0.15, 0.2) is 0 Å². The first kappa shape index (κ1) is 11.3. The van der Waals surface area contributed by atoms with Gasteiger partial charge in [-0.3, -0.25) is 5.10 Å². The number of rotatable bonds is 4. The lowest BCUT2D eigenvalue weighted by Crippen LogP contribution is -2.39. The number of H-pyrrole nitrogens is 1. The maximum Gasteiger partial charge on any atom is 0.142 e. The third-order valence-corrected chi connectivity index (χ3v) is 3.31. The molecule has 1 aliphatic rings. The van der Waals surface area contributed by atoms with Gasteiger partial charge in [0.25, 0.3) is 0 Å². The van der Waals surface area contributed by atoms with E-state index >= 15 is 0 Å². The second kappa shape index (κ2) is 5.21. The van der Waals surface area contributed by atoms with E-state index in [9.17, 15) is 0 Å². The van der Waals surface area contributed by atoms with Crippen molar-refractivity contribution in [1.29, 1.82) is 0 Å². The normalized spacial score (nSPS) is 17.6. The number of aliphatic hydroxyl groups excluding tert-OH is 1. The van der Waals surface area contributed by atoms with Gasteiger partial charge in [-0.25, -0.2) is 0 Å². The van der Waals surface area contributed by atoms with Gasteiger partial charge in [-0.2, -0.15) is 5.10 Å². The Morgan fingerprint density at radius 2 is 2.19 bits per heavy atom. The average Bonchev–Trinajstić information content (AvgIpc) is 2.73. The van der Waals surface area contributed by atoms with Gasteiger partial charge in [0.05, 0.1) is 18.5 Å². The summed E-state index contributed by atoms with van der Waals surface area (Å²) in [4.78, 5) is 2.19. The number of aliphatic hydroxyl groups is 1. The summed E-state index contributed by atoms with van der Waals surface area (Å²) < 4.78 is 0. The molecule has 16 heavy (non-hydrogen) atoms. The highest BCUT2D eigenvalue weighted by Gasteiger charge is 2.23. The van der Waals surface area contributed by atoms with Crippen LogP contribution in [0.15, 0.2) is 6.20 Å². The van der Waals surface area contributed by atoms with Crippen molar-refractivity contribution in [3.63, 3.8) is 0 Å². The van der Waals surface area contributed by atoms with Crippen molar-refractivity contribution in [2.75, 3.05) is 23.8 Å². The van der Waals surface area contributed by atoms with E-state index in [0.29, 0.717) is 18.4 Å². The summed E-state index contributed by atoms with van der Waals surface area (Å²) in [6, 6.07) is 0.501. The summed E-state index contributed by atoms with van der Waals surface area (Å²) in [5.41, 5.74) is 6.77. The maximum atomic E-state index is 9.14. The molecular formula is C11H20N4O. The summed E-state index contributed by atoms with van der Waals surface area (Å²) in [5, 5.41) is 15.8. The van der Waals surface area contributed by atoms with Crippen molar-refractivity contribution < 1.29 is 5.11 Å². The van der Waals surface area contributed by atoms with E-state index in [4.69, 9.17) is 10.8 Å². The molecule has 0 aromatic carbocycles. The highest BCUT2D eigenvalue weighted by atomic mass is 16.3. The molecule has 0 saturated heterocycles. The first-order chi connectivity index (χ1) is 7.83. The number of nitrogens with one attached hydrogen (secondary N) is 1. The second-order valence-corrected chi connectivity index (χ2v) is 4.38. The number of anilines is 2. The molecule has 90 valence electrons. The summed E-state index contributed by atoms with van der Waals surface area (Å²) in [6.45, 7) is 0.787. The lowest BCUT2D eigenvalue weighted by atomic mass is 9.94. The highest BCUT2D eigenvalue weighted by molar-refractivity contribution is 5.62. The van der Waals surface area contributed by atoms with Crippen LogP contribution in [0.4, 0.5) is 11.5 Å². The SMILES string of the molecule is Nc1[nH]ncc1N(CCO)C1CCCCC1. The maximum absolute atomic E-state index is 9.14.